The second-order valence-electron chi connectivity index (χ2n) is 4.64. The van der Waals surface area contributed by atoms with Crippen molar-refractivity contribution < 1.29 is 22.3 Å². The van der Waals surface area contributed by atoms with Crippen LogP contribution in [-0.2, 0) is 16.7 Å². The van der Waals surface area contributed by atoms with Crippen molar-refractivity contribution in [2.24, 2.45) is 0 Å². The van der Waals surface area contributed by atoms with Gasteiger partial charge in [-0.3, -0.25) is 4.79 Å². The minimum atomic E-state index is -4.17. The van der Waals surface area contributed by atoms with Gasteiger partial charge in [-0.25, -0.2) is 13.0 Å². The topological polar surface area (TPSA) is 78.1 Å². The molecule has 1 aromatic carbocycles. The first kappa shape index (κ1) is 15.3. The molecule has 6 heteroatoms. The van der Waals surface area contributed by atoms with Crippen molar-refractivity contribution >= 4 is 15.9 Å². The third-order valence-electron chi connectivity index (χ3n) is 3.00. The number of ketones is 1. The summed E-state index contributed by atoms with van der Waals surface area (Å²) >= 11 is 0. The Morgan fingerprint density at radius 2 is 1.57 bits per heavy atom. The fourth-order valence-electron chi connectivity index (χ4n) is 1.94. The van der Waals surface area contributed by atoms with E-state index in [1.807, 2.05) is 6.07 Å². The standard InChI is InChI=1S/C15H15NO4S/c17-15(13-5-2-1-3-6-13)14-7-10-16(11-8-14)9-4-12-21(18,19)20/h1-3,5-8,10-11H,4,9,12H2. The smallest absolute Gasteiger partial charge is 0.193 e. The summed E-state index contributed by atoms with van der Waals surface area (Å²) in [7, 11) is -4.17. The number of carbonyl (C=O) groups excluding carboxylic acids is 1. The van der Waals surface area contributed by atoms with Crippen molar-refractivity contribution in [3.63, 3.8) is 0 Å². The maximum atomic E-state index is 12.2. The van der Waals surface area contributed by atoms with Crippen molar-refractivity contribution in [1.82, 2.24) is 0 Å². The first-order valence-electron chi connectivity index (χ1n) is 6.48. The van der Waals surface area contributed by atoms with Gasteiger partial charge in [-0.1, -0.05) is 30.3 Å². The van der Waals surface area contributed by atoms with Crippen LogP contribution in [0.3, 0.4) is 0 Å². The lowest BCUT2D eigenvalue weighted by Crippen LogP contribution is -2.33. The van der Waals surface area contributed by atoms with Crippen molar-refractivity contribution in [1.29, 1.82) is 0 Å². The van der Waals surface area contributed by atoms with E-state index in [0.29, 0.717) is 17.7 Å². The molecule has 21 heavy (non-hydrogen) atoms. The molecule has 2 aromatic rings. The number of hydrogen-bond donors (Lipinski definition) is 0. The van der Waals surface area contributed by atoms with Crippen LogP contribution in [0.2, 0.25) is 0 Å². The predicted octanol–water partition coefficient (Wildman–Crippen LogP) is 1.14. The van der Waals surface area contributed by atoms with E-state index in [4.69, 9.17) is 0 Å². The van der Waals surface area contributed by atoms with Gasteiger partial charge in [0.05, 0.1) is 10.1 Å². The van der Waals surface area contributed by atoms with Gasteiger partial charge in [0, 0.05) is 35.4 Å². The maximum Gasteiger partial charge on any atom is 0.193 e. The molecule has 0 saturated heterocycles. The number of rotatable bonds is 6. The average Bonchev–Trinajstić information content (AvgIpc) is 2.47. The Hall–Kier alpha value is -2.05. The Bertz CT molecular complexity index is 709. The molecule has 0 radical (unpaired) electrons. The van der Waals surface area contributed by atoms with Crippen molar-refractivity contribution in [3.8, 4) is 0 Å². The largest absolute Gasteiger partial charge is 0.748 e. The van der Waals surface area contributed by atoms with Crippen LogP contribution in [0.25, 0.3) is 0 Å². The van der Waals surface area contributed by atoms with Crippen LogP contribution in [0.15, 0.2) is 54.9 Å². The van der Waals surface area contributed by atoms with Gasteiger partial charge in [0.2, 0.25) is 0 Å². The minimum Gasteiger partial charge on any atom is -0.748 e. The van der Waals surface area contributed by atoms with Crippen LogP contribution in [0, 0.1) is 0 Å². The van der Waals surface area contributed by atoms with E-state index in [1.54, 1.807) is 53.4 Å². The van der Waals surface area contributed by atoms with E-state index in [9.17, 15) is 17.8 Å². The van der Waals surface area contributed by atoms with Crippen LogP contribution in [-0.4, -0.2) is 24.5 Å². The van der Waals surface area contributed by atoms with Crippen molar-refractivity contribution in [3.05, 3.63) is 66.0 Å². The molecular formula is C15H15NO4S. The SMILES string of the molecule is O=C(c1ccccc1)c1cc[n+](CCCS(=O)(=O)[O-])cc1. The zero-order valence-electron chi connectivity index (χ0n) is 11.3. The summed E-state index contributed by atoms with van der Waals surface area (Å²) < 4.78 is 33.3. The Kier molecular flexibility index (Phi) is 4.82. The van der Waals surface area contributed by atoms with Crippen LogP contribution in [0.1, 0.15) is 22.3 Å². The molecule has 0 bridgehead atoms. The maximum absolute atomic E-state index is 12.2. The number of aryl methyl sites for hydroxylation is 1. The van der Waals surface area contributed by atoms with E-state index < -0.39 is 10.1 Å². The minimum absolute atomic E-state index is 0.0649. The lowest BCUT2D eigenvalue weighted by atomic mass is 10.0. The number of hydrogen-bond acceptors (Lipinski definition) is 4. The van der Waals surface area contributed by atoms with Crippen molar-refractivity contribution in [2.75, 3.05) is 5.75 Å². The number of aromatic nitrogens is 1. The molecule has 0 atom stereocenters. The summed E-state index contributed by atoms with van der Waals surface area (Å²) in [4.78, 5) is 12.2. The molecule has 2 rings (SSSR count). The first-order valence-corrected chi connectivity index (χ1v) is 8.06. The van der Waals surface area contributed by atoms with E-state index in [0.717, 1.165) is 0 Å². The van der Waals surface area contributed by atoms with Gasteiger partial charge in [-0.05, 0) is 0 Å². The second kappa shape index (κ2) is 6.60. The fourth-order valence-corrected chi connectivity index (χ4v) is 2.42. The first-order chi connectivity index (χ1) is 9.96. The highest BCUT2D eigenvalue weighted by atomic mass is 32.2. The number of benzene rings is 1. The molecule has 1 heterocycles. The van der Waals surface area contributed by atoms with Crippen LogP contribution in [0.4, 0.5) is 0 Å². The highest BCUT2D eigenvalue weighted by molar-refractivity contribution is 7.85. The Morgan fingerprint density at radius 1 is 1.00 bits per heavy atom. The molecule has 110 valence electrons. The molecule has 1 aromatic heterocycles. The lowest BCUT2D eigenvalue weighted by molar-refractivity contribution is -0.696. The molecule has 0 aliphatic heterocycles. The second-order valence-corrected chi connectivity index (χ2v) is 6.16. The fraction of sp³-hybridized carbons (Fsp3) is 0.200. The van der Waals surface area contributed by atoms with Gasteiger partial charge in [-0.15, -0.1) is 0 Å². The van der Waals surface area contributed by atoms with Crippen LogP contribution < -0.4 is 4.57 Å². The van der Waals surface area contributed by atoms with E-state index in [-0.39, 0.29) is 18.0 Å². The van der Waals surface area contributed by atoms with Gasteiger partial charge >= 0.3 is 0 Å². The average molecular weight is 305 g/mol. The Labute approximate surface area is 123 Å². The predicted molar refractivity (Wildman–Crippen MR) is 75.7 cm³/mol. The number of pyridine rings is 1. The third-order valence-corrected chi connectivity index (χ3v) is 3.79. The molecule has 0 N–H and O–H groups in total. The van der Waals surface area contributed by atoms with E-state index >= 15 is 0 Å². The van der Waals surface area contributed by atoms with Gasteiger partial charge in [0.1, 0.15) is 6.54 Å². The van der Waals surface area contributed by atoms with Gasteiger partial charge in [0.25, 0.3) is 0 Å². The summed E-state index contributed by atoms with van der Waals surface area (Å²) in [5.41, 5.74) is 1.18. The van der Waals surface area contributed by atoms with Gasteiger partial charge in [-0.2, -0.15) is 0 Å². The Morgan fingerprint density at radius 3 is 2.14 bits per heavy atom. The third kappa shape index (κ3) is 4.77. The quantitative estimate of drug-likeness (QED) is 0.455. The van der Waals surface area contributed by atoms with E-state index in [1.165, 1.54) is 0 Å². The van der Waals surface area contributed by atoms with Gasteiger partial charge in [0.15, 0.2) is 18.2 Å². The van der Waals surface area contributed by atoms with Gasteiger partial charge < -0.3 is 4.55 Å². The monoisotopic (exact) mass is 305 g/mol. The molecule has 0 aliphatic carbocycles. The highest BCUT2D eigenvalue weighted by Gasteiger charge is 2.10. The zero-order chi connectivity index (χ0) is 15.3. The molecule has 5 nitrogen and oxygen atoms in total. The molecule has 0 aliphatic rings. The summed E-state index contributed by atoms with van der Waals surface area (Å²) in [6.45, 7) is 0.418. The number of nitrogens with zero attached hydrogens (tertiary/aromatic N) is 1. The molecule has 0 spiro atoms. The van der Waals surface area contributed by atoms with E-state index in [2.05, 4.69) is 0 Å². The Balaban J connectivity index is 2.01. The molecular weight excluding hydrogens is 290 g/mol. The molecule has 0 amide bonds. The highest BCUT2D eigenvalue weighted by Crippen LogP contribution is 2.07. The number of carbonyl (C=O) groups is 1. The molecule has 0 fully saturated rings. The molecule has 0 unspecified atom stereocenters. The molecule has 0 saturated carbocycles. The van der Waals surface area contributed by atoms with Crippen LogP contribution in [0.5, 0.6) is 0 Å². The van der Waals surface area contributed by atoms with Crippen LogP contribution >= 0.6 is 0 Å². The summed E-state index contributed by atoms with van der Waals surface area (Å²) in [5.74, 6) is -0.449. The normalized spacial score (nSPS) is 11.3. The zero-order valence-corrected chi connectivity index (χ0v) is 12.1. The summed E-state index contributed by atoms with van der Waals surface area (Å²) in [6.07, 6.45) is 3.66. The summed E-state index contributed by atoms with van der Waals surface area (Å²) in [5, 5.41) is 0. The summed E-state index contributed by atoms with van der Waals surface area (Å²) in [6, 6.07) is 12.3. The lowest BCUT2D eigenvalue weighted by Gasteiger charge is -2.04. The van der Waals surface area contributed by atoms with Crippen molar-refractivity contribution in [2.45, 2.75) is 13.0 Å².